The number of carbonyl (C=O) groups is 2. The second-order valence-electron chi connectivity index (χ2n) is 6.68. The Labute approximate surface area is 173 Å². The van der Waals surface area contributed by atoms with E-state index in [9.17, 15) is 30.7 Å². The molecule has 0 unspecified atom stereocenters. The van der Waals surface area contributed by atoms with E-state index < -0.39 is 24.3 Å². The Morgan fingerprint density at radius 2 is 1.35 bits per heavy atom. The van der Waals surface area contributed by atoms with Crippen LogP contribution in [0.2, 0.25) is 0 Å². The third-order valence-corrected chi connectivity index (χ3v) is 4.23. The monoisotopic (exact) mass is 464 g/mol. The minimum absolute atomic E-state index is 0.105. The summed E-state index contributed by atoms with van der Waals surface area (Å²) in [4.78, 5) is 20.0. The van der Waals surface area contributed by atoms with Crippen molar-refractivity contribution in [1.82, 2.24) is 4.90 Å². The van der Waals surface area contributed by atoms with Crippen LogP contribution in [0.4, 0.5) is 30.7 Å². The van der Waals surface area contributed by atoms with Crippen LogP contribution in [0.25, 0.3) is 0 Å². The molecule has 0 aromatic heterocycles. The van der Waals surface area contributed by atoms with E-state index in [2.05, 4.69) is 11.9 Å². The molecule has 4 N–H and O–H groups in total. The molecule has 1 fully saturated rings. The average molecular weight is 464 g/mol. The molecule has 0 atom stereocenters. The second kappa shape index (κ2) is 12.4. The molecular formula is C18H23F7N2O4. The van der Waals surface area contributed by atoms with Crippen LogP contribution in [0.1, 0.15) is 31.2 Å². The van der Waals surface area contributed by atoms with Gasteiger partial charge in [0.15, 0.2) is 0 Å². The second-order valence-corrected chi connectivity index (χ2v) is 6.68. The number of carboxylic acids is 2. The van der Waals surface area contributed by atoms with Crippen molar-refractivity contribution in [2.75, 3.05) is 7.05 Å². The van der Waals surface area contributed by atoms with Gasteiger partial charge in [-0.05, 0) is 38.8 Å². The van der Waals surface area contributed by atoms with Crippen molar-refractivity contribution in [3.05, 3.63) is 35.6 Å². The Balaban J connectivity index is 0.000000536. The Morgan fingerprint density at radius 3 is 1.71 bits per heavy atom. The van der Waals surface area contributed by atoms with Crippen LogP contribution < -0.4 is 5.73 Å². The Hall–Kier alpha value is -2.41. The van der Waals surface area contributed by atoms with Gasteiger partial charge in [0.1, 0.15) is 5.82 Å². The van der Waals surface area contributed by atoms with Gasteiger partial charge in [-0.25, -0.2) is 14.0 Å². The molecule has 31 heavy (non-hydrogen) atoms. The van der Waals surface area contributed by atoms with Crippen LogP contribution in [-0.2, 0) is 16.1 Å². The predicted molar refractivity (Wildman–Crippen MR) is 95.5 cm³/mol. The molecule has 0 heterocycles. The number of hydrogen-bond acceptors (Lipinski definition) is 4. The fraction of sp³-hybridized carbons (Fsp3) is 0.556. The summed E-state index contributed by atoms with van der Waals surface area (Å²) in [7, 11) is 2.08. The van der Waals surface area contributed by atoms with Gasteiger partial charge in [-0.1, -0.05) is 18.2 Å². The predicted octanol–water partition coefficient (Wildman–Crippen LogP) is 3.79. The first-order valence-electron chi connectivity index (χ1n) is 8.85. The zero-order valence-electron chi connectivity index (χ0n) is 16.4. The highest BCUT2D eigenvalue weighted by molar-refractivity contribution is 5.73. The van der Waals surface area contributed by atoms with E-state index in [4.69, 9.17) is 25.5 Å². The SMILES string of the molecule is CN(Cc1ccccc1F)C1CCC(N)CC1.O=C(O)C(F)(F)F.O=C(O)C(F)(F)F. The van der Waals surface area contributed by atoms with Crippen LogP contribution in [0.5, 0.6) is 0 Å². The molecule has 1 saturated carbocycles. The van der Waals surface area contributed by atoms with E-state index >= 15 is 0 Å². The maximum absolute atomic E-state index is 13.5. The van der Waals surface area contributed by atoms with E-state index in [0.717, 1.165) is 31.2 Å². The van der Waals surface area contributed by atoms with Gasteiger partial charge >= 0.3 is 24.3 Å². The standard InChI is InChI=1S/C14H21FN2.2C2HF3O2/c1-17(13-8-6-12(16)7-9-13)10-11-4-2-3-5-14(11)15;2*3-2(4,5)1(6)7/h2-5,12-13H,6-10,16H2,1H3;2*(H,6,7). The maximum Gasteiger partial charge on any atom is 0.490 e. The molecule has 0 saturated heterocycles. The number of hydrogen-bond donors (Lipinski definition) is 3. The molecule has 13 heteroatoms. The van der Waals surface area contributed by atoms with Crippen molar-refractivity contribution in [3.63, 3.8) is 0 Å². The summed E-state index contributed by atoms with van der Waals surface area (Å²) in [6.07, 6.45) is -5.73. The van der Waals surface area contributed by atoms with Gasteiger partial charge in [-0.15, -0.1) is 0 Å². The maximum atomic E-state index is 13.5. The summed E-state index contributed by atoms with van der Waals surface area (Å²) in [6, 6.07) is 7.93. The van der Waals surface area contributed by atoms with Gasteiger partial charge in [-0.3, -0.25) is 4.90 Å². The first-order chi connectivity index (χ1) is 14.1. The molecule has 1 aromatic carbocycles. The van der Waals surface area contributed by atoms with Gasteiger partial charge < -0.3 is 15.9 Å². The molecule has 0 bridgehead atoms. The van der Waals surface area contributed by atoms with Crippen molar-refractivity contribution in [1.29, 1.82) is 0 Å². The van der Waals surface area contributed by atoms with Crippen molar-refractivity contribution < 1.29 is 50.5 Å². The minimum atomic E-state index is -5.08. The summed E-state index contributed by atoms with van der Waals surface area (Å²) in [5, 5.41) is 14.2. The lowest BCUT2D eigenvalue weighted by atomic mass is 9.91. The molecule has 178 valence electrons. The summed E-state index contributed by atoms with van der Waals surface area (Å²) in [5.41, 5.74) is 6.68. The first-order valence-corrected chi connectivity index (χ1v) is 8.85. The van der Waals surface area contributed by atoms with Gasteiger partial charge in [0.25, 0.3) is 0 Å². The Bertz CT molecular complexity index is 679. The van der Waals surface area contributed by atoms with Gasteiger partial charge in [-0.2, -0.15) is 26.3 Å². The molecule has 1 aliphatic carbocycles. The Kier molecular flexibility index (Phi) is 11.5. The van der Waals surface area contributed by atoms with E-state index in [1.165, 1.54) is 6.07 Å². The fourth-order valence-corrected chi connectivity index (χ4v) is 2.57. The molecule has 6 nitrogen and oxygen atoms in total. The van der Waals surface area contributed by atoms with E-state index in [1.807, 2.05) is 12.1 Å². The van der Waals surface area contributed by atoms with Gasteiger partial charge in [0.05, 0.1) is 0 Å². The van der Waals surface area contributed by atoms with Crippen molar-refractivity contribution >= 4 is 11.9 Å². The number of aliphatic carboxylic acids is 2. The molecule has 0 spiro atoms. The van der Waals surface area contributed by atoms with Crippen LogP contribution in [0, 0.1) is 5.82 Å². The third-order valence-electron chi connectivity index (χ3n) is 4.23. The van der Waals surface area contributed by atoms with Crippen molar-refractivity contribution in [2.24, 2.45) is 5.73 Å². The molecule has 0 aliphatic heterocycles. The fourth-order valence-electron chi connectivity index (χ4n) is 2.57. The number of alkyl halides is 6. The van der Waals surface area contributed by atoms with Crippen LogP contribution in [0.3, 0.4) is 0 Å². The summed E-state index contributed by atoms with van der Waals surface area (Å²) < 4.78 is 77.0. The first kappa shape index (κ1) is 28.6. The van der Waals surface area contributed by atoms with E-state index in [-0.39, 0.29) is 5.82 Å². The molecular weight excluding hydrogens is 441 g/mol. The zero-order chi connectivity index (χ0) is 24.4. The molecule has 0 amide bonds. The van der Waals surface area contributed by atoms with Crippen molar-refractivity contribution in [3.8, 4) is 0 Å². The number of benzene rings is 1. The molecule has 1 aromatic rings. The quantitative estimate of drug-likeness (QED) is 0.588. The lowest BCUT2D eigenvalue weighted by Crippen LogP contribution is -2.38. The minimum Gasteiger partial charge on any atom is -0.475 e. The lowest BCUT2D eigenvalue weighted by molar-refractivity contribution is -0.193. The third kappa shape index (κ3) is 12.1. The lowest BCUT2D eigenvalue weighted by Gasteiger charge is -2.33. The summed E-state index contributed by atoms with van der Waals surface area (Å²) in [6.45, 7) is 0.687. The highest BCUT2D eigenvalue weighted by atomic mass is 19.4. The van der Waals surface area contributed by atoms with Crippen molar-refractivity contribution in [2.45, 2.75) is 56.7 Å². The van der Waals surface area contributed by atoms with Crippen LogP contribution in [-0.4, -0.2) is 58.5 Å². The number of carboxylic acid groups (broad SMARTS) is 2. The smallest absolute Gasteiger partial charge is 0.475 e. The number of nitrogens with two attached hydrogens (primary N) is 1. The number of nitrogens with zero attached hydrogens (tertiary/aromatic N) is 1. The normalized spacial score (nSPS) is 18.9. The summed E-state index contributed by atoms with van der Waals surface area (Å²) in [5.74, 6) is -5.62. The largest absolute Gasteiger partial charge is 0.490 e. The topological polar surface area (TPSA) is 104 Å². The van der Waals surface area contributed by atoms with Crippen LogP contribution in [0.15, 0.2) is 24.3 Å². The number of rotatable bonds is 3. The van der Waals surface area contributed by atoms with E-state index in [1.54, 1.807) is 6.07 Å². The van der Waals surface area contributed by atoms with Gasteiger partial charge in [0.2, 0.25) is 0 Å². The molecule has 0 radical (unpaired) electrons. The summed E-state index contributed by atoms with van der Waals surface area (Å²) >= 11 is 0. The zero-order valence-corrected chi connectivity index (χ0v) is 16.4. The average Bonchev–Trinajstić information content (AvgIpc) is 2.63. The molecule has 2 rings (SSSR count). The highest BCUT2D eigenvalue weighted by Crippen LogP contribution is 2.23. The molecule has 1 aliphatic rings. The van der Waals surface area contributed by atoms with E-state index in [0.29, 0.717) is 18.6 Å². The number of halogens is 7. The van der Waals surface area contributed by atoms with Gasteiger partial charge in [0, 0.05) is 24.2 Å². The Morgan fingerprint density at radius 1 is 0.968 bits per heavy atom. The van der Waals surface area contributed by atoms with Crippen LogP contribution >= 0.6 is 0 Å². The highest BCUT2D eigenvalue weighted by Gasteiger charge is 2.38.